The molecule has 0 unspecified atom stereocenters. The van der Waals surface area contributed by atoms with Gasteiger partial charge in [-0.1, -0.05) is 0 Å². The molecule has 4 heteroatoms. The van der Waals surface area contributed by atoms with Crippen molar-refractivity contribution in [1.29, 1.82) is 0 Å². The van der Waals surface area contributed by atoms with Gasteiger partial charge in [-0.2, -0.15) is 0 Å². The number of Topliss-reactive ketones (excluding diaryl/α,β-unsaturated/α-hetero) is 1. The average molecular weight is 171 g/mol. The van der Waals surface area contributed by atoms with Crippen LogP contribution in [0.15, 0.2) is 12.3 Å². The van der Waals surface area contributed by atoms with Crippen molar-refractivity contribution < 1.29 is 9.53 Å². The molecule has 0 aromatic carbocycles. The summed E-state index contributed by atoms with van der Waals surface area (Å²) in [5, 5.41) is 0. The Morgan fingerprint density at radius 3 is 3.18 bits per heavy atom. The van der Waals surface area contributed by atoms with Crippen molar-refractivity contribution in [2.24, 2.45) is 0 Å². The summed E-state index contributed by atoms with van der Waals surface area (Å²) < 4.78 is 8.77. The van der Waals surface area contributed by atoms with Crippen LogP contribution in [0, 0.1) is 0 Å². The summed E-state index contributed by atoms with van der Waals surface area (Å²) in [6.45, 7) is 2.60. The first-order valence-corrected chi connectivity index (χ1v) is 4.13. The van der Waals surface area contributed by atoms with Gasteiger partial charge in [0.2, 0.25) is 0 Å². The Hall–Kier alpha value is -0.740. The molecule has 11 heavy (non-hydrogen) atoms. The summed E-state index contributed by atoms with van der Waals surface area (Å²) in [5.74, 6) is 0.00866. The number of hydrogen-bond acceptors (Lipinski definition) is 4. The van der Waals surface area contributed by atoms with E-state index in [-0.39, 0.29) is 12.4 Å². The van der Waals surface area contributed by atoms with Crippen molar-refractivity contribution in [1.82, 2.24) is 4.37 Å². The zero-order valence-corrected chi connectivity index (χ0v) is 7.06. The number of nitrogens with zero attached hydrogens (tertiary/aromatic N) is 1. The average Bonchev–Trinajstić information content (AvgIpc) is 2.52. The Bertz CT molecular complexity index is 220. The molecule has 0 bridgehead atoms. The second-order valence-corrected chi connectivity index (χ2v) is 2.77. The van der Waals surface area contributed by atoms with E-state index in [1.807, 2.05) is 6.92 Å². The van der Waals surface area contributed by atoms with E-state index < -0.39 is 0 Å². The molecule has 1 rings (SSSR count). The predicted molar refractivity (Wildman–Crippen MR) is 42.9 cm³/mol. The molecule has 0 saturated carbocycles. The topological polar surface area (TPSA) is 39.2 Å². The summed E-state index contributed by atoms with van der Waals surface area (Å²) in [6.07, 6.45) is 1.61. The van der Waals surface area contributed by atoms with Gasteiger partial charge in [0.25, 0.3) is 0 Å². The molecule has 0 amide bonds. The first-order chi connectivity index (χ1) is 5.34. The van der Waals surface area contributed by atoms with Gasteiger partial charge < -0.3 is 4.74 Å². The normalized spacial score (nSPS) is 9.91. The van der Waals surface area contributed by atoms with Crippen LogP contribution in [0.2, 0.25) is 0 Å². The van der Waals surface area contributed by atoms with Gasteiger partial charge in [-0.15, -0.1) is 0 Å². The van der Waals surface area contributed by atoms with Crippen LogP contribution in [0.3, 0.4) is 0 Å². The second kappa shape index (κ2) is 4.20. The summed E-state index contributed by atoms with van der Waals surface area (Å²) >= 11 is 1.20. The largest absolute Gasteiger partial charge is 0.374 e. The van der Waals surface area contributed by atoms with Gasteiger partial charge in [0.15, 0.2) is 5.78 Å². The lowest BCUT2D eigenvalue weighted by Gasteiger charge is -1.95. The first kappa shape index (κ1) is 8.36. The van der Waals surface area contributed by atoms with Crippen molar-refractivity contribution >= 4 is 17.3 Å². The molecule has 3 nitrogen and oxygen atoms in total. The molecule has 0 atom stereocenters. The highest BCUT2D eigenvalue weighted by Gasteiger charge is 2.05. The summed E-state index contributed by atoms with van der Waals surface area (Å²) in [5.41, 5.74) is 0. The molecule has 0 saturated heterocycles. The second-order valence-electron chi connectivity index (χ2n) is 1.94. The van der Waals surface area contributed by atoms with E-state index in [0.29, 0.717) is 11.5 Å². The van der Waals surface area contributed by atoms with Crippen LogP contribution in [0.5, 0.6) is 0 Å². The third-order valence-corrected chi connectivity index (χ3v) is 1.94. The van der Waals surface area contributed by atoms with Gasteiger partial charge in [-0.3, -0.25) is 4.79 Å². The minimum atomic E-state index is 0.00866. The lowest BCUT2D eigenvalue weighted by atomic mass is 10.3. The number of aromatic nitrogens is 1. The standard InChI is InChI=1S/C7H9NO2S/c1-2-10-5-6(9)7-3-4-8-11-7/h3-4H,2,5H2,1H3. The van der Waals surface area contributed by atoms with E-state index in [0.717, 1.165) is 0 Å². The molecule has 0 fully saturated rings. The zero-order chi connectivity index (χ0) is 8.10. The Labute approximate surface area is 69.2 Å². The molecular weight excluding hydrogens is 162 g/mol. The third-order valence-electron chi connectivity index (χ3n) is 1.15. The minimum Gasteiger partial charge on any atom is -0.374 e. The van der Waals surface area contributed by atoms with Crippen LogP contribution in [0.1, 0.15) is 16.6 Å². The predicted octanol–water partition coefficient (Wildman–Crippen LogP) is 1.36. The maximum atomic E-state index is 11.1. The fourth-order valence-corrected chi connectivity index (χ4v) is 1.14. The van der Waals surface area contributed by atoms with Crippen LogP contribution in [0.4, 0.5) is 0 Å². The Balaban J connectivity index is 2.43. The number of carbonyl (C=O) groups is 1. The van der Waals surface area contributed by atoms with E-state index in [4.69, 9.17) is 4.74 Å². The van der Waals surface area contributed by atoms with Crippen LogP contribution in [0.25, 0.3) is 0 Å². The van der Waals surface area contributed by atoms with Gasteiger partial charge in [0.1, 0.15) is 6.61 Å². The van der Waals surface area contributed by atoms with Gasteiger partial charge in [-0.05, 0) is 24.5 Å². The van der Waals surface area contributed by atoms with Gasteiger partial charge in [0.05, 0.1) is 4.88 Å². The lowest BCUT2D eigenvalue weighted by Crippen LogP contribution is -2.06. The van der Waals surface area contributed by atoms with Crippen LogP contribution in [-0.2, 0) is 4.74 Å². The fourth-order valence-electron chi connectivity index (χ4n) is 0.626. The smallest absolute Gasteiger partial charge is 0.199 e. The number of ether oxygens (including phenoxy) is 1. The van der Waals surface area contributed by atoms with Crippen molar-refractivity contribution in [3.05, 3.63) is 17.1 Å². The highest BCUT2D eigenvalue weighted by atomic mass is 32.1. The molecular formula is C7H9NO2S. The molecule has 1 aromatic heterocycles. The van der Waals surface area contributed by atoms with E-state index in [2.05, 4.69) is 4.37 Å². The molecule has 1 heterocycles. The molecule has 0 aliphatic rings. The molecule has 0 aliphatic heterocycles. The highest BCUT2D eigenvalue weighted by Crippen LogP contribution is 2.05. The van der Waals surface area contributed by atoms with Crippen LogP contribution < -0.4 is 0 Å². The quantitative estimate of drug-likeness (QED) is 0.642. The number of rotatable bonds is 4. The van der Waals surface area contributed by atoms with Crippen LogP contribution >= 0.6 is 11.5 Å². The number of hydrogen-bond donors (Lipinski definition) is 0. The third kappa shape index (κ3) is 2.40. The van der Waals surface area contributed by atoms with E-state index in [9.17, 15) is 4.79 Å². The van der Waals surface area contributed by atoms with E-state index in [1.165, 1.54) is 11.5 Å². The van der Waals surface area contributed by atoms with Crippen molar-refractivity contribution in [2.75, 3.05) is 13.2 Å². The van der Waals surface area contributed by atoms with Gasteiger partial charge in [0, 0.05) is 12.8 Å². The Morgan fingerprint density at radius 2 is 2.64 bits per heavy atom. The van der Waals surface area contributed by atoms with Crippen molar-refractivity contribution in [2.45, 2.75) is 6.92 Å². The maximum Gasteiger partial charge on any atom is 0.199 e. The lowest BCUT2D eigenvalue weighted by molar-refractivity contribution is 0.0787. The van der Waals surface area contributed by atoms with Crippen molar-refractivity contribution in [3.63, 3.8) is 0 Å². The van der Waals surface area contributed by atoms with E-state index in [1.54, 1.807) is 12.3 Å². The monoisotopic (exact) mass is 171 g/mol. The van der Waals surface area contributed by atoms with Crippen LogP contribution in [-0.4, -0.2) is 23.4 Å². The fraction of sp³-hybridized carbons (Fsp3) is 0.429. The maximum absolute atomic E-state index is 11.1. The van der Waals surface area contributed by atoms with E-state index >= 15 is 0 Å². The first-order valence-electron chi connectivity index (χ1n) is 3.36. The van der Waals surface area contributed by atoms with Gasteiger partial charge in [-0.25, -0.2) is 4.37 Å². The summed E-state index contributed by atoms with van der Waals surface area (Å²) in [6, 6.07) is 1.70. The summed E-state index contributed by atoms with van der Waals surface area (Å²) in [7, 11) is 0. The number of ketones is 1. The molecule has 0 radical (unpaired) electrons. The number of carbonyl (C=O) groups excluding carboxylic acids is 1. The minimum absolute atomic E-state index is 0.00866. The molecule has 1 aromatic rings. The molecule has 0 N–H and O–H groups in total. The highest BCUT2D eigenvalue weighted by molar-refractivity contribution is 7.08. The zero-order valence-electron chi connectivity index (χ0n) is 6.24. The molecule has 60 valence electrons. The van der Waals surface area contributed by atoms with Gasteiger partial charge >= 0.3 is 0 Å². The Kier molecular flexibility index (Phi) is 3.19. The SMILES string of the molecule is CCOCC(=O)c1ccns1. The molecule has 0 spiro atoms. The Morgan fingerprint density at radius 1 is 1.82 bits per heavy atom. The molecule has 0 aliphatic carbocycles. The van der Waals surface area contributed by atoms with Crippen molar-refractivity contribution in [3.8, 4) is 0 Å². The summed E-state index contributed by atoms with van der Waals surface area (Å²) in [4.78, 5) is 11.8.